The van der Waals surface area contributed by atoms with Crippen molar-refractivity contribution in [3.8, 4) is 0 Å². The number of rotatable bonds is 7. The summed E-state index contributed by atoms with van der Waals surface area (Å²) in [6.45, 7) is 10.2. The highest BCUT2D eigenvalue weighted by Gasteiger charge is 2.31. The average molecular weight is 292 g/mol. The van der Waals surface area contributed by atoms with Gasteiger partial charge in [0.25, 0.3) is 10.2 Å². The van der Waals surface area contributed by atoms with Crippen molar-refractivity contribution >= 4 is 10.2 Å². The Hall–Kier alpha value is -0.210. The number of hydrogen-bond donors (Lipinski definition) is 1. The lowest BCUT2D eigenvalue weighted by atomic mass is 10.1. The van der Waals surface area contributed by atoms with Crippen LogP contribution in [0.2, 0.25) is 0 Å². The molecule has 0 aromatic rings. The molecule has 1 aliphatic heterocycles. The maximum atomic E-state index is 12.4. The van der Waals surface area contributed by atoms with Crippen LogP contribution in [-0.4, -0.2) is 73.8 Å². The SMILES string of the molecule is CCC(CN)N1CCN(S(=O)(=O)N(CC)CC)CC1. The van der Waals surface area contributed by atoms with Crippen LogP contribution in [-0.2, 0) is 10.2 Å². The summed E-state index contributed by atoms with van der Waals surface area (Å²) in [6.07, 6.45) is 1.01. The van der Waals surface area contributed by atoms with Gasteiger partial charge in [-0.3, -0.25) is 4.90 Å². The van der Waals surface area contributed by atoms with Crippen molar-refractivity contribution in [2.45, 2.75) is 33.2 Å². The average Bonchev–Trinajstić information content (AvgIpc) is 2.42. The molecule has 19 heavy (non-hydrogen) atoms. The minimum absolute atomic E-state index is 0.373. The van der Waals surface area contributed by atoms with E-state index in [0.29, 0.717) is 38.8 Å². The number of nitrogens with zero attached hydrogens (tertiary/aromatic N) is 3. The predicted octanol–water partition coefficient (Wildman–Crippen LogP) is -0.0721. The minimum atomic E-state index is -3.28. The quantitative estimate of drug-likeness (QED) is 0.713. The van der Waals surface area contributed by atoms with Gasteiger partial charge in [0.05, 0.1) is 0 Å². The second kappa shape index (κ2) is 7.54. The summed E-state index contributed by atoms with van der Waals surface area (Å²) < 4.78 is 27.9. The third kappa shape index (κ3) is 3.88. The van der Waals surface area contributed by atoms with Crippen molar-refractivity contribution < 1.29 is 8.42 Å². The molecule has 0 aromatic carbocycles. The molecule has 7 heteroatoms. The molecule has 114 valence electrons. The van der Waals surface area contributed by atoms with E-state index < -0.39 is 10.2 Å². The van der Waals surface area contributed by atoms with Crippen molar-refractivity contribution in [1.29, 1.82) is 0 Å². The van der Waals surface area contributed by atoms with Crippen LogP contribution in [0.3, 0.4) is 0 Å². The molecule has 0 saturated carbocycles. The Kier molecular flexibility index (Phi) is 6.68. The Morgan fingerprint density at radius 1 is 1.11 bits per heavy atom. The fourth-order valence-corrected chi connectivity index (χ4v) is 4.19. The molecule has 0 bridgehead atoms. The summed E-state index contributed by atoms with van der Waals surface area (Å²) in [7, 11) is -3.28. The molecule has 1 saturated heterocycles. The molecule has 1 fully saturated rings. The monoisotopic (exact) mass is 292 g/mol. The van der Waals surface area contributed by atoms with Gasteiger partial charge in [0, 0.05) is 51.9 Å². The minimum Gasteiger partial charge on any atom is -0.329 e. The lowest BCUT2D eigenvalue weighted by Gasteiger charge is -2.39. The molecule has 1 aliphatic rings. The second-order valence-corrected chi connectivity index (χ2v) is 6.75. The zero-order chi connectivity index (χ0) is 14.5. The molecule has 1 heterocycles. The molecular formula is C12H28N4O2S. The Bertz CT molecular complexity index is 345. The molecule has 1 rings (SSSR count). The molecule has 1 atom stereocenters. The standard InChI is InChI=1S/C12H28N4O2S/c1-4-12(11-13)14-7-9-16(10-8-14)19(17,18)15(5-2)6-3/h12H,4-11,13H2,1-3H3. The van der Waals surface area contributed by atoms with E-state index in [-0.39, 0.29) is 0 Å². The van der Waals surface area contributed by atoms with Gasteiger partial charge in [-0.05, 0) is 6.42 Å². The highest BCUT2D eigenvalue weighted by atomic mass is 32.2. The molecule has 1 unspecified atom stereocenters. The summed E-state index contributed by atoms with van der Waals surface area (Å²) in [4.78, 5) is 2.30. The highest BCUT2D eigenvalue weighted by molar-refractivity contribution is 7.86. The Morgan fingerprint density at radius 2 is 1.63 bits per heavy atom. The first-order valence-electron chi connectivity index (χ1n) is 7.20. The molecule has 0 spiro atoms. The van der Waals surface area contributed by atoms with Crippen LogP contribution >= 0.6 is 0 Å². The van der Waals surface area contributed by atoms with E-state index in [4.69, 9.17) is 5.73 Å². The van der Waals surface area contributed by atoms with E-state index in [1.165, 1.54) is 4.31 Å². The summed E-state index contributed by atoms with van der Waals surface area (Å²) >= 11 is 0. The number of hydrogen-bond acceptors (Lipinski definition) is 4. The molecule has 0 aliphatic carbocycles. The van der Waals surface area contributed by atoms with Crippen LogP contribution in [0.1, 0.15) is 27.2 Å². The van der Waals surface area contributed by atoms with Gasteiger partial charge in [-0.2, -0.15) is 17.0 Å². The van der Waals surface area contributed by atoms with Gasteiger partial charge < -0.3 is 5.73 Å². The lowest BCUT2D eigenvalue weighted by Crippen LogP contribution is -2.56. The number of piperazine rings is 1. The summed E-state index contributed by atoms with van der Waals surface area (Å²) in [5.41, 5.74) is 5.74. The van der Waals surface area contributed by atoms with Gasteiger partial charge in [-0.15, -0.1) is 0 Å². The van der Waals surface area contributed by atoms with E-state index in [0.717, 1.165) is 19.5 Å². The Morgan fingerprint density at radius 3 is 2.00 bits per heavy atom. The van der Waals surface area contributed by atoms with E-state index in [1.807, 2.05) is 13.8 Å². The molecule has 0 radical (unpaired) electrons. The fraction of sp³-hybridized carbons (Fsp3) is 1.00. The molecule has 0 amide bonds. The van der Waals surface area contributed by atoms with Crippen LogP contribution in [0.15, 0.2) is 0 Å². The van der Waals surface area contributed by atoms with Crippen molar-refractivity contribution in [2.24, 2.45) is 5.73 Å². The summed E-state index contributed by atoms with van der Waals surface area (Å²) in [6, 6.07) is 0.373. The summed E-state index contributed by atoms with van der Waals surface area (Å²) in [5, 5.41) is 0. The van der Waals surface area contributed by atoms with Crippen LogP contribution in [0.4, 0.5) is 0 Å². The normalized spacial score (nSPS) is 20.9. The van der Waals surface area contributed by atoms with Gasteiger partial charge >= 0.3 is 0 Å². The van der Waals surface area contributed by atoms with E-state index in [9.17, 15) is 8.42 Å². The van der Waals surface area contributed by atoms with Crippen LogP contribution in [0, 0.1) is 0 Å². The first kappa shape index (κ1) is 16.8. The predicted molar refractivity (Wildman–Crippen MR) is 78.1 cm³/mol. The molecule has 2 N–H and O–H groups in total. The first-order chi connectivity index (χ1) is 9.01. The number of nitrogens with two attached hydrogens (primary N) is 1. The Balaban J connectivity index is 2.63. The van der Waals surface area contributed by atoms with Gasteiger partial charge in [-0.1, -0.05) is 20.8 Å². The van der Waals surface area contributed by atoms with Crippen molar-refractivity contribution in [3.05, 3.63) is 0 Å². The van der Waals surface area contributed by atoms with Gasteiger partial charge in [-0.25, -0.2) is 0 Å². The fourth-order valence-electron chi connectivity index (χ4n) is 2.59. The molecular weight excluding hydrogens is 264 g/mol. The van der Waals surface area contributed by atoms with Crippen molar-refractivity contribution in [3.63, 3.8) is 0 Å². The lowest BCUT2D eigenvalue weighted by molar-refractivity contribution is 0.133. The second-order valence-electron chi connectivity index (χ2n) is 4.82. The van der Waals surface area contributed by atoms with Gasteiger partial charge in [0.1, 0.15) is 0 Å². The van der Waals surface area contributed by atoms with Crippen molar-refractivity contribution in [1.82, 2.24) is 13.5 Å². The first-order valence-corrected chi connectivity index (χ1v) is 8.60. The third-order valence-electron chi connectivity index (χ3n) is 3.89. The largest absolute Gasteiger partial charge is 0.329 e. The maximum absolute atomic E-state index is 12.4. The summed E-state index contributed by atoms with van der Waals surface area (Å²) in [5.74, 6) is 0. The van der Waals surface area contributed by atoms with Gasteiger partial charge in [0.2, 0.25) is 0 Å². The van der Waals surface area contributed by atoms with E-state index >= 15 is 0 Å². The van der Waals surface area contributed by atoms with E-state index in [1.54, 1.807) is 4.31 Å². The topological polar surface area (TPSA) is 69.9 Å². The highest BCUT2D eigenvalue weighted by Crippen LogP contribution is 2.14. The van der Waals surface area contributed by atoms with Crippen molar-refractivity contribution in [2.75, 3.05) is 45.8 Å². The van der Waals surface area contributed by atoms with Crippen LogP contribution < -0.4 is 5.73 Å². The Labute approximate surface area is 117 Å². The molecule has 6 nitrogen and oxygen atoms in total. The van der Waals surface area contributed by atoms with Crippen LogP contribution in [0.5, 0.6) is 0 Å². The maximum Gasteiger partial charge on any atom is 0.282 e. The zero-order valence-corrected chi connectivity index (χ0v) is 13.2. The van der Waals surface area contributed by atoms with Gasteiger partial charge in [0.15, 0.2) is 0 Å². The zero-order valence-electron chi connectivity index (χ0n) is 12.4. The smallest absolute Gasteiger partial charge is 0.282 e. The third-order valence-corrected chi connectivity index (χ3v) is 6.08. The molecule has 0 aromatic heterocycles. The van der Waals surface area contributed by atoms with Crippen LogP contribution in [0.25, 0.3) is 0 Å². The van der Waals surface area contributed by atoms with E-state index in [2.05, 4.69) is 11.8 Å².